The first-order valence-corrected chi connectivity index (χ1v) is 15.3. The monoisotopic (exact) mass is 603 g/mol. The molecule has 0 aliphatic carbocycles. The molecule has 236 valence electrons. The molecule has 11 nitrogen and oxygen atoms in total. The molecular weight excluding hydrogens is 558 g/mol. The van der Waals surface area contributed by atoms with Gasteiger partial charge >= 0.3 is 0 Å². The van der Waals surface area contributed by atoms with Crippen molar-refractivity contribution in [2.24, 2.45) is 16.0 Å². The first-order valence-electron chi connectivity index (χ1n) is 15.3. The van der Waals surface area contributed by atoms with Crippen molar-refractivity contribution in [1.82, 2.24) is 20.4 Å². The smallest absolute Gasteiger partial charge is 0.252 e. The van der Waals surface area contributed by atoms with Crippen LogP contribution in [-0.4, -0.2) is 85.0 Å². The van der Waals surface area contributed by atoms with Gasteiger partial charge in [-0.2, -0.15) is 5.11 Å². The molecule has 11 heteroatoms. The van der Waals surface area contributed by atoms with Crippen molar-refractivity contribution < 1.29 is 19.5 Å². The Morgan fingerprint density at radius 2 is 1.30 bits per heavy atom. The molecule has 5 N–H and O–H groups in total. The van der Waals surface area contributed by atoms with E-state index in [9.17, 15) is 19.5 Å². The maximum atomic E-state index is 13.2. The van der Waals surface area contributed by atoms with E-state index in [2.05, 4.69) is 58.4 Å². The van der Waals surface area contributed by atoms with Gasteiger partial charge in [0.1, 0.15) is 5.69 Å². The van der Waals surface area contributed by atoms with E-state index in [-0.39, 0.29) is 39.9 Å². The highest BCUT2D eigenvalue weighted by Crippen LogP contribution is 2.39. The number of hydrogen-bond donors (Lipinski definition) is 4. The zero-order chi connectivity index (χ0) is 32.1. The molecule has 0 radical (unpaired) electrons. The van der Waals surface area contributed by atoms with E-state index >= 15 is 0 Å². The first kappa shape index (κ1) is 34.1. The molecule has 3 aromatic rings. The molecule has 3 aromatic carbocycles. The Labute approximate surface area is 259 Å². The topological polar surface area (TPSA) is 153 Å². The molecule has 0 aliphatic heterocycles. The van der Waals surface area contributed by atoms with Gasteiger partial charge in [0.2, 0.25) is 0 Å². The predicted octanol–water partition coefficient (Wildman–Crippen LogP) is 4.98. The number of nitrogens with one attached hydrogen (secondary N) is 2. The van der Waals surface area contributed by atoms with E-state index in [1.54, 1.807) is 30.3 Å². The Hall–Kier alpha value is -4.35. The van der Waals surface area contributed by atoms with Crippen molar-refractivity contribution in [1.29, 1.82) is 0 Å². The Morgan fingerprint density at radius 3 is 1.80 bits per heavy atom. The molecule has 0 aromatic heterocycles. The second kappa shape index (κ2) is 17.1. The number of benzene rings is 3. The number of carbonyl (C=O) groups excluding carboxylic acids is 3. The normalized spacial score (nSPS) is 11.5. The van der Waals surface area contributed by atoms with E-state index in [4.69, 9.17) is 5.73 Å². The summed E-state index contributed by atoms with van der Waals surface area (Å²) in [5.41, 5.74) is 6.23. The maximum Gasteiger partial charge on any atom is 0.252 e. The number of amides is 3. The summed E-state index contributed by atoms with van der Waals surface area (Å²) in [6.45, 7) is 14.9. The fraction of sp³-hybridized carbons (Fsp3) is 0.424. The molecule has 0 saturated carbocycles. The minimum absolute atomic E-state index is 0.0607. The van der Waals surface area contributed by atoms with Gasteiger partial charge in [-0.1, -0.05) is 52.0 Å². The largest absolute Gasteiger partial charge is 0.505 e. The van der Waals surface area contributed by atoms with Gasteiger partial charge in [0.25, 0.3) is 17.7 Å². The van der Waals surface area contributed by atoms with Crippen LogP contribution in [0.4, 0.5) is 11.4 Å². The Bertz CT molecular complexity index is 1420. The van der Waals surface area contributed by atoms with Crippen molar-refractivity contribution in [2.75, 3.05) is 52.4 Å². The predicted molar refractivity (Wildman–Crippen MR) is 174 cm³/mol. The first-order chi connectivity index (χ1) is 21.2. The lowest BCUT2D eigenvalue weighted by Crippen LogP contribution is -2.31. The van der Waals surface area contributed by atoms with Crippen LogP contribution in [0.25, 0.3) is 10.8 Å². The van der Waals surface area contributed by atoms with Gasteiger partial charge in [-0.3, -0.25) is 14.4 Å². The highest BCUT2D eigenvalue weighted by molar-refractivity contribution is 6.06. The Balaban J connectivity index is 1.90. The molecule has 0 aliphatic rings. The lowest BCUT2D eigenvalue weighted by atomic mass is 10.0. The standard InChI is InChI=1S/C33H45N7O4/c1-5-39(6-2)17-11-15-35-32(43)24-19-25(33(44)36-16-12-18-40(7-3)8-4)21-26(20-24)37-38-29-27-14-10-9-13-23(27)22-28(30(29)41)31(34)42/h9-10,13-14,19-22,41H,5-8,11-12,15-18H2,1-4H3,(H2,34,42)(H,35,43)(H,36,44)/b38-37-. The summed E-state index contributed by atoms with van der Waals surface area (Å²) >= 11 is 0. The summed E-state index contributed by atoms with van der Waals surface area (Å²) in [7, 11) is 0. The number of aromatic hydroxyl groups is 1. The van der Waals surface area contributed by atoms with Crippen LogP contribution in [0.1, 0.15) is 71.6 Å². The van der Waals surface area contributed by atoms with Gasteiger partial charge in [-0.15, -0.1) is 5.11 Å². The number of rotatable bonds is 17. The number of nitrogens with two attached hydrogens (primary N) is 1. The highest BCUT2D eigenvalue weighted by Gasteiger charge is 2.17. The van der Waals surface area contributed by atoms with E-state index in [1.165, 1.54) is 18.2 Å². The fourth-order valence-corrected chi connectivity index (χ4v) is 4.94. The summed E-state index contributed by atoms with van der Waals surface area (Å²) in [5, 5.41) is 26.5. The van der Waals surface area contributed by atoms with Gasteiger partial charge in [-0.05, 0) is 81.8 Å². The molecule has 44 heavy (non-hydrogen) atoms. The average molecular weight is 604 g/mol. The molecule has 0 heterocycles. The quantitative estimate of drug-likeness (QED) is 0.126. The third kappa shape index (κ3) is 9.32. The molecular formula is C33H45N7O4. The number of primary amides is 1. The summed E-state index contributed by atoms with van der Waals surface area (Å²) in [4.78, 5) is 42.9. The molecule has 0 fully saturated rings. The second-order valence-corrected chi connectivity index (χ2v) is 10.4. The maximum absolute atomic E-state index is 13.2. The minimum atomic E-state index is -0.802. The van der Waals surface area contributed by atoms with Gasteiger partial charge in [-0.25, -0.2) is 0 Å². The summed E-state index contributed by atoms with van der Waals surface area (Å²) in [6.07, 6.45) is 1.57. The van der Waals surface area contributed by atoms with E-state index in [0.29, 0.717) is 23.9 Å². The molecule has 0 spiro atoms. The van der Waals surface area contributed by atoms with Crippen molar-refractivity contribution in [2.45, 2.75) is 40.5 Å². The van der Waals surface area contributed by atoms with E-state index < -0.39 is 11.7 Å². The lowest BCUT2D eigenvalue weighted by Gasteiger charge is -2.18. The molecule has 0 atom stereocenters. The van der Waals surface area contributed by atoms with Crippen LogP contribution in [0.3, 0.4) is 0 Å². The molecule has 0 bridgehead atoms. The van der Waals surface area contributed by atoms with E-state index in [0.717, 1.165) is 52.1 Å². The Kier molecular flexibility index (Phi) is 13.2. The lowest BCUT2D eigenvalue weighted by molar-refractivity contribution is 0.0949. The molecule has 3 rings (SSSR count). The minimum Gasteiger partial charge on any atom is -0.505 e. The third-order valence-corrected chi connectivity index (χ3v) is 7.63. The number of fused-ring (bicyclic) bond motifs is 1. The second-order valence-electron chi connectivity index (χ2n) is 10.4. The number of nitrogens with zero attached hydrogens (tertiary/aromatic N) is 4. The van der Waals surface area contributed by atoms with Gasteiger partial charge in [0.15, 0.2) is 5.75 Å². The van der Waals surface area contributed by atoms with Crippen molar-refractivity contribution in [3.05, 3.63) is 65.2 Å². The SMILES string of the molecule is CCN(CC)CCCNC(=O)c1cc(/N=N\c2c(O)c(C(N)=O)cc3ccccc23)cc(C(=O)NCCCN(CC)CC)c1. The van der Waals surface area contributed by atoms with Gasteiger partial charge in [0, 0.05) is 29.6 Å². The van der Waals surface area contributed by atoms with E-state index in [1.807, 2.05) is 0 Å². The summed E-state index contributed by atoms with van der Waals surface area (Å²) in [6, 6.07) is 13.2. The zero-order valence-electron chi connectivity index (χ0n) is 26.2. The summed E-state index contributed by atoms with van der Waals surface area (Å²) in [5.74, 6) is -1.86. The van der Waals surface area contributed by atoms with Crippen LogP contribution >= 0.6 is 0 Å². The van der Waals surface area contributed by atoms with Gasteiger partial charge in [0.05, 0.1) is 11.3 Å². The van der Waals surface area contributed by atoms with Crippen LogP contribution < -0.4 is 16.4 Å². The Morgan fingerprint density at radius 1 is 0.773 bits per heavy atom. The van der Waals surface area contributed by atoms with Crippen LogP contribution in [0.5, 0.6) is 5.75 Å². The molecule has 3 amide bonds. The number of azo groups is 1. The van der Waals surface area contributed by atoms with Crippen LogP contribution in [0, 0.1) is 0 Å². The van der Waals surface area contributed by atoms with Gasteiger partial charge < -0.3 is 31.3 Å². The van der Waals surface area contributed by atoms with Crippen molar-refractivity contribution in [3.8, 4) is 5.75 Å². The highest BCUT2D eigenvalue weighted by atomic mass is 16.3. The van der Waals surface area contributed by atoms with Crippen LogP contribution in [0.15, 0.2) is 58.8 Å². The number of hydrogen-bond acceptors (Lipinski definition) is 8. The average Bonchev–Trinajstić information content (AvgIpc) is 3.03. The number of phenols is 1. The zero-order valence-corrected chi connectivity index (χ0v) is 26.2. The summed E-state index contributed by atoms with van der Waals surface area (Å²) < 4.78 is 0. The number of carbonyl (C=O) groups is 3. The van der Waals surface area contributed by atoms with Crippen LogP contribution in [0.2, 0.25) is 0 Å². The third-order valence-electron chi connectivity index (χ3n) is 7.63. The van der Waals surface area contributed by atoms with Crippen molar-refractivity contribution in [3.63, 3.8) is 0 Å². The van der Waals surface area contributed by atoms with Crippen LogP contribution in [-0.2, 0) is 0 Å². The van der Waals surface area contributed by atoms with Crippen molar-refractivity contribution >= 4 is 39.9 Å². The molecule has 0 unspecified atom stereocenters. The fourth-order valence-electron chi connectivity index (χ4n) is 4.94. The molecule has 0 saturated heterocycles.